The van der Waals surface area contributed by atoms with Gasteiger partial charge >= 0.3 is 0 Å². The molecule has 1 aliphatic heterocycles. The van der Waals surface area contributed by atoms with E-state index in [1.54, 1.807) is 10.9 Å². The number of para-hydroxylation sites is 2. The third kappa shape index (κ3) is 3.05. The molecular weight excluding hydrogens is 458 g/mol. The number of fused-ring (bicyclic) bond motifs is 4. The van der Waals surface area contributed by atoms with Gasteiger partial charge in [-0.1, -0.05) is 34.1 Å². The van der Waals surface area contributed by atoms with Crippen LogP contribution in [0.5, 0.6) is 0 Å². The minimum absolute atomic E-state index is 0.0438. The van der Waals surface area contributed by atoms with E-state index < -0.39 is 0 Å². The van der Waals surface area contributed by atoms with Crippen molar-refractivity contribution < 1.29 is 4.74 Å². The van der Waals surface area contributed by atoms with Gasteiger partial charge < -0.3 is 4.74 Å². The molecule has 2 aromatic carbocycles. The summed E-state index contributed by atoms with van der Waals surface area (Å²) in [5.74, 6) is 0. The number of rotatable bonds is 3. The number of ether oxygens (including phenoxy) is 1. The zero-order valence-electron chi connectivity index (χ0n) is 16.5. The number of halogens is 1. The van der Waals surface area contributed by atoms with Crippen LogP contribution in [0.25, 0.3) is 38.9 Å². The van der Waals surface area contributed by atoms with Crippen LogP contribution in [0.1, 0.15) is 12.8 Å². The topological polar surface area (TPSA) is 74.8 Å². The van der Waals surface area contributed by atoms with Crippen LogP contribution >= 0.6 is 15.9 Å². The van der Waals surface area contributed by atoms with Crippen molar-refractivity contribution in [3.8, 4) is 5.69 Å². The predicted octanol–water partition coefficient (Wildman–Crippen LogP) is 4.23. The molecule has 0 bridgehead atoms. The molecular formula is C23H18BrN5O2. The minimum Gasteiger partial charge on any atom is -0.376 e. The van der Waals surface area contributed by atoms with Gasteiger partial charge in [0.1, 0.15) is 17.2 Å². The van der Waals surface area contributed by atoms with Crippen molar-refractivity contribution in [2.45, 2.75) is 25.5 Å². The molecule has 1 fully saturated rings. The average molecular weight is 476 g/mol. The zero-order chi connectivity index (χ0) is 20.9. The Balaban J connectivity index is 1.69. The van der Waals surface area contributed by atoms with E-state index in [0.29, 0.717) is 28.7 Å². The van der Waals surface area contributed by atoms with Crippen molar-refractivity contribution in [3.63, 3.8) is 0 Å². The lowest BCUT2D eigenvalue weighted by molar-refractivity contribution is 0.0960. The summed E-state index contributed by atoms with van der Waals surface area (Å²) >= 11 is 3.54. The first kappa shape index (κ1) is 18.7. The molecule has 4 heterocycles. The second-order valence-corrected chi connectivity index (χ2v) is 8.65. The van der Waals surface area contributed by atoms with Crippen molar-refractivity contribution in [2.24, 2.45) is 0 Å². The molecule has 0 N–H and O–H groups in total. The number of aromatic nitrogens is 5. The fourth-order valence-corrected chi connectivity index (χ4v) is 4.66. The maximum absolute atomic E-state index is 13.6. The molecule has 3 aromatic heterocycles. The fourth-order valence-electron chi connectivity index (χ4n) is 4.27. The van der Waals surface area contributed by atoms with Gasteiger partial charge in [0.15, 0.2) is 11.3 Å². The third-order valence-electron chi connectivity index (χ3n) is 5.72. The lowest BCUT2D eigenvalue weighted by atomic mass is 10.2. The molecule has 0 spiro atoms. The van der Waals surface area contributed by atoms with Gasteiger partial charge in [0.05, 0.1) is 29.4 Å². The Hall–Kier alpha value is -3.10. The molecule has 31 heavy (non-hydrogen) atoms. The lowest BCUT2D eigenvalue weighted by Crippen LogP contribution is -2.26. The Morgan fingerprint density at radius 3 is 2.68 bits per heavy atom. The largest absolute Gasteiger partial charge is 0.376 e. The molecule has 0 aliphatic carbocycles. The summed E-state index contributed by atoms with van der Waals surface area (Å²) in [7, 11) is 0. The second kappa shape index (κ2) is 7.25. The molecule has 6 rings (SSSR count). The fraction of sp³-hybridized carbons (Fsp3) is 0.217. The van der Waals surface area contributed by atoms with Gasteiger partial charge in [-0.25, -0.2) is 15.0 Å². The highest BCUT2D eigenvalue weighted by Gasteiger charge is 2.23. The van der Waals surface area contributed by atoms with Gasteiger partial charge in [0.25, 0.3) is 5.56 Å². The Kier molecular flexibility index (Phi) is 4.36. The number of hydrogen-bond acceptors (Lipinski definition) is 5. The first-order valence-electron chi connectivity index (χ1n) is 10.2. The van der Waals surface area contributed by atoms with E-state index in [1.165, 1.54) is 0 Å². The van der Waals surface area contributed by atoms with E-state index in [0.717, 1.165) is 40.6 Å². The van der Waals surface area contributed by atoms with Gasteiger partial charge in [-0.05, 0) is 43.2 Å². The summed E-state index contributed by atoms with van der Waals surface area (Å²) < 4.78 is 10.2. The standard InChI is InChI=1S/C23H18BrN5O2/c24-14-5-3-6-15(11-14)29-21-19(20-22(29)27-18-9-2-1-8-17(18)26-20)23(30)28(13-25-21)12-16-7-4-10-31-16/h1-3,5-6,8-9,11,13,16H,4,7,10,12H2. The number of benzene rings is 2. The predicted molar refractivity (Wildman–Crippen MR) is 123 cm³/mol. The normalized spacial score (nSPS) is 16.6. The molecule has 5 aromatic rings. The van der Waals surface area contributed by atoms with Crippen molar-refractivity contribution in [1.82, 2.24) is 24.1 Å². The van der Waals surface area contributed by atoms with Crippen LogP contribution in [0.3, 0.4) is 0 Å². The first-order valence-corrected chi connectivity index (χ1v) is 11.0. The van der Waals surface area contributed by atoms with Crippen LogP contribution in [-0.4, -0.2) is 36.8 Å². The van der Waals surface area contributed by atoms with Gasteiger partial charge in [-0.3, -0.25) is 13.9 Å². The Bertz CT molecular complexity index is 1520. The van der Waals surface area contributed by atoms with E-state index in [-0.39, 0.29) is 11.7 Å². The Morgan fingerprint density at radius 1 is 1.06 bits per heavy atom. The highest BCUT2D eigenvalue weighted by Crippen LogP contribution is 2.29. The molecule has 1 aliphatic rings. The molecule has 1 atom stereocenters. The van der Waals surface area contributed by atoms with Crippen molar-refractivity contribution in [2.75, 3.05) is 6.61 Å². The average Bonchev–Trinajstić information content (AvgIpc) is 3.40. The molecule has 8 heteroatoms. The maximum Gasteiger partial charge on any atom is 0.265 e. The van der Waals surface area contributed by atoms with Crippen molar-refractivity contribution >= 4 is 49.2 Å². The van der Waals surface area contributed by atoms with Crippen LogP contribution in [0.4, 0.5) is 0 Å². The molecule has 0 radical (unpaired) electrons. The second-order valence-electron chi connectivity index (χ2n) is 7.74. The van der Waals surface area contributed by atoms with Crippen LogP contribution in [-0.2, 0) is 11.3 Å². The van der Waals surface area contributed by atoms with E-state index in [4.69, 9.17) is 19.7 Å². The van der Waals surface area contributed by atoms with Crippen molar-refractivity contribution in [3.05, 3.63) is 69.7 Å². The highest BCUT2D eigenvalue weighted by molar-refractivity contribution is 9.10. The van der Waals surface area contributed by atoms with Gasteiger partial charge in [0, 0.05) is 11.1 Å². The molecule has 7 nitrogen and oxygen atoms in total. The summed E-state index contributed by atoms with van der Waals surface area (Å²) in [4.78, 5) is 27.9. The minimum atomic E-state index is -0.121. The maximum atomic E-state index is 13.6. The highest BCUT2D eigenvalue weighted by atomic mass is 79.9. The lowest BCUT2D eigenvalue weighted by Gasteiger charge is -2.11. The van der Waals surface area contributed by atoms with E-state index in [1.807, 2.05) is 53.1 Å². The molecule has 0 saturated carbocycles. The molecule has 154 valence electrons. The molecule has 1 unspecified atom stereocenters. The zero-order valence-corrected chi connectivity index (χ0v) is 18.1. The van der Waals surface area contributed by atoms with E-state index in [9.17, 15) is 4.79 Å². The van der Waals surface area contributed by atoms with Crippen LogP contribution in [0.15, 0.2) is 64.1 Å². The van der Waals surface area contributed by atoms with Crippen molar-refractivity contribution in [1.29, 1.82) is 0 Å². The summed E-state index contributed by atoms with van der Waals surface area (Å²) in [5.41, 5.74) is 3.99. The Labute approximate surface area is 185 Å². The van der Waals surface area contributed by atoms with Gasteiger partial charge in [-0.15, -0.1) is 0 Å². The van der Waals surface area contributed by atoms with Crippen LogP contribution < -0.4 is 5.56 Å². The summed E-state index contributed by atoms with van der Waals surface area (Å²) in [6.07, 6.45) is 3.63. The van der Waals surface area contributed by atoms with Gasteiger partial charge in [0.2, 0.25) is 0 Å². The number of nitrogens with zero attached hydrogens (tertiary/aromatic N) is 5. The Morgan fingerprint density at radius 2 is 1.90 bits per heavy atom. The van der Waals surface area contributed by atoms with Crippen LogP contribution in [0, 0.1) is 0 Å². The SMILES string of the molecule is O=c1c2c3nc4ccccc4nc3n(-c3cccc(Br)c3)c2ncn1CC1CCCO1. The smallest absolute Gasteiger partial charge is 0.265 e. The molecule has 0 amide bonds. The summed E-state index contributed by atoms with van der Waals surface area (Å²) in [5, 5.41) is 0.480. The third-order valence-corrected chi connectivity index (χ3v) is 6.21. The number of hydrogen-bond donors (Lipinski definition) is 0. The molecule has 1 saturated heterocycles. The van der Waals surface area contributed by atoms with E-state index >= 15 is 0 Å². The summed E-state index contributed by atoms with van der Waals surface area (Å²) in [6, 6.07) is 15.5. The van der Waals surface area contributed by atoms with Crippen LogP contribution in [0.2, 0.25) is 0 Å². The quantitative estimate of drug-likeness (QED) is 0.390. The monoisotopic (exact) mass is 475 g/mol. The first-order chi connectivity index (χ1) is 15.2. The summed E-state index contributed by atoms with van der Waals surface area (Å²) in [6.45, 7) is 1.24. The van der Waals surface area contributed by atoms with E-state index in [2.05, 4.69) is 15.9 Å². The van der Waals surface area contributed by atoms with Gasteiger partial charge in [-0.2, -0.15) is 0 Å².